The van der Waals surface area contributed by atoms with Gasteiger partial charge in [-0.3, -0.25) is 9.59 Å². The molecule has 2 N–H and O–H groups in total. The number of hydrogen-bond donors (Lipinski definition) is 2. The summed E-state index contributed by atoms with van der Waals surface area (Å²) in [5.74, 6) is -0.756. The first-order valence-corrected chi connectivity index (χ1v) is 12.3. The Morgan fingerprint density at radius 2 is 1.91 bits per heavy atom. The van der Waals surface area contributed by atoms with Gasteiger partial charge in [-0.2, -0.15) is 0 Å². The Morgan fingerprint density at radius 3 is 2.65 bits per heavy atom. The van der Waals surface area contributed by atoms with Gasteiger partial charge in [-0.25, -0.2) is 9.48 Å². The Morgan fingerprint density at radius 1 is 1.12 bits per heavy atom. The van der Waals surface area contributed by atoms with Crippen molar-refractivity contribution in [2.45, 2.75) is 57.4 Å². The van der Waals surface area contributed by atoms with Crippen LogP contribution in [0.1, 0.15) is 77.3 Å². The predicted molar refractivity (Wildman–Crippen MR) is 126 cm³/mol. The van der Waals surface area contributed by atoms with Crippen molar-refractivity contribution in [1.82, 2.24) is 25.2 Å². The number of halogens is 1. The van der Waals surface area contributed by atoms with E-state index in [1.165, 1.54) is 24.6 Å². The lowest BCUT2D eigenvalue weighted by atomic mass is 9.80. The van der Waals surface area contributed by atoms with Gasteiger partial charge >= 0.3 is 5.97 Å². The molecule has 9 nitrogen and oxygen atoms in total. The third-order valence-corrected chi connectivity index (χ3v) is 7.09. The van der Waals surface area contributed by atoms with E-state index in [4.69, 9.17) is 16.7 Å². The quantitative estimate of drug-likeness (QED) is 0.618. The number of nitrogens with one attached hydrogen (secondary N) is 1. The first kappa shape index (κ1) is 24.2. The molecule has 182 valence electrons. The van der Waals surface area contributed by atoms with Crippen molar-refractivity contribution in [3.05, 3.63) is 46.2 Å². The van der Waals surface area contributed by atoms with Gasteiger partial charge in [0.2, 0.25) is 5.91 Å². The molecule has 2 atom stereocenters. The highest BCUT2D eigenvalue weighted by Crippen LogP contribution is 2.35. The lowest BCUT2D eigenvalue weighted by Gasteiger charge is -2.28. The SMILES string of the molecule is O=C(NC[C@@H]1CCC[C@H](c2cn(CC(=O)N3CCCCC3)nn2)C1)c1ccc(C(=O)O)c(Cl)c1. The van der Waals surface area contributed by atoms with Crippen LogP contribution in [-0.2, 0) is 11.3 Å². The molecule has 0 bridgehead atoms. The number of benzene rings is 1. The number of nitrogens with zero attached hydrogens (tertiary/aromatic N) is 4. The third-order valence-electron chi connectivity index (χ3n) is 6.78. The van der Waals surface area contributed by atoms with Crippen LogP contribution in [-0.4, -0.2) is 62.4 Å². The van der Waals surface area contributed by atoms with Crippen LogP contribution in [0.15, 0.2) is 24.4 Å². The number of aromatic nitrogens is 3. The lowest BCUT2D eigenvalue weighted by Crippen LogP contribution is -2.37. The van der Waals surface area contributed by atoms with Gasteiger partial charge in [0.1, 0.15) is 6.54 Å². The van der Waals surface area contributed by atoms with Crippen LogP contribution in [0.3, 0.4) is 0 Å². The summed E-state index contributed by atoms with van der Waals surface area (Å²) in [4.78, 5) is 38.0. The largest absolute Gasteiger partial charge is 0.478 e. The number of amides is 2. The number of piperidine rings is 1. The van der Waals surface area contributed by atoms with Gasteiger partial charge in [0, 0.05) is 37.3 Å². The van der Waals surface area contributed by atoms with Gasteiger partial charge in [0.25, 0.3) is 5.91 Å². The predicted octanol–water partition coefficient (Wildman–Crippen LogP) is 3.35. The molecule has 10 heteroatoms. The number of carbonyl (C=O) groups is 3. The number of carboxylic acid groups (broad SMARTS) is 1. The normalized spacial score (nSPS) is 20.7. The zero-order chi connectivity index (χ0) is 24.1. The van der Waals surface area contributed by atoms with Crippen LogP contribution in [0.5, 0.6) is 0 Å². The van der Waals surface area contributed by atoms with Crippen LogP contribution in [0, 0.1) is 5.92 Å². The zero-order valence-corrected chi connectivity index (χ0v) is 19.8. The highest BCUT2D eigenvalue weighted by Gasteiger charge is 2.26. The average Bonchev–Trinajstić information content (AvgIpc) is 3.31. The number of aromatic carboxylic acids is 1. The second-order valence-corrected chi connectivity index (χ2v) is 9.63. The van der Waals surface area contributed by atoms with E-state index in [2.05, 4.69) is 15.6 Å². The summed E-state index contributed by atoms with van der Waals surface area (Å²) < 4.78 is 1.64. The van der Waals surface area contributed by atoms with Crippen molar-refractivity contribution < 1.29 is 19.5 Å². The highest BCUT2D eigenvalue weighted by atomic mass is 35.5. The van der Waals surface area contributed by atoms with E-state index in [0.29, 0.717) is 18.0 Å². The molecule has 2 aromatic rings. The molecule has 2 heterocycles. The van der Waals surface area contributed by atoms with E-state index >= 15 is 0 Å². The molecule has 0 spiro atoms. The summed E-state index contributed by atoms with van der Waals surface area (Å²) >= 11 is 5.98. The zero-order valence-electron chi connectivity index (χ0n) is 19.1. The molecule has 1 saturated carbocycles. The van der Waals surface area contributed by atoms with Gasteiger partial charge in [0.15, 0.2) is 0 Å². The molecule has 0 radical (unpaired) electrons. The van der Waals surface area contributed by atoms with Gasteiger partial charge in [-0.1, -0.05) is 23.2 Å². The Bertz CT molecular complexity index is 1050. The van der Waals surface area contributed by atoms with Gasteiger partial charge in [0.05, 0.1) is 16.3 Å². The summed E-state index contributed by atoms with van der Waals surface area (Å²) in [6.07, 6.45) is 9.14. The maximum Gasteiger partial charge on any atom is 0.337 e. The van der Waals surface area contributed by atoms with Crippen LogP contribution < -0.4 is 5.32 Å². The molecular weight excluding hydrogens is 458 g/mol. The molecule has 2 fully saturated rings. The minimum Gasteiger partial charge on any atom is -0.478 e. The molecule has 1 aliphatic carbocycles. The maximum absolute atomic E-state index is 12.5. The van der Waals surface area contributed by atoms with Crippen LogP contribution in [0.4, 0.5) is 0 Å². The summed E-state index contributed by atoms with van der Waals surface area (Å²) in [6.45, 7) is 2.40. The average molecular weight is 488 g/mol. The fourth-order valence-corrected chi connectivity index (χ4v) is 5.13. The summed E-state index contributed by atoms with van der Waals surface area (Å²) in [5, 5.41) is 20.6. The second-order valence-electron chi connectivity index (χ2n) is 9.22. The number of hydrogen-bond acceptors (Lipinski definition) is 5. The van der Waals surface area contributed by atoms with Crippen LogP contribution in [0.25, 0.3) is 0 Å². The van der Waals surface area contributed by atoms with Crippen molar-refractivity contribution in [1.29, 1.82) is 0 Å². The van der Waals surface area contributed by atoms with E-state index in [1.54, 1.807) is 4.68 Å². The highest BCUT2D eigenvalue weighted by molar-refractivity contribution is 6.33. The minimum atomic E-state index is -1.13. The molecule has 2 aliphatic rings. The molecule has 4 rings (SSSR count). The Balaban J connectivity index is 1.29. The molecule has 1 saturated heterocycles. The molecule has 2 amide bonds. The van der Waals surface area contributed by atoms with Crippen molar-refractivity contribution in [2.24, 2.45) is 5.92 Å². The van der Waals surface area contributed by atoms with Crippen molar-refractivity contribution in [3.63, 3.8) is 0 Å². The topological polar surface area (TPSA) is 117 Å². The molecule has 1 aromatic carbocycles. The fourth-order valence-electron chi connectivity index (χ4n) is 4.87. The standard InChI is InChI=1S/C24H30ClN5O4/c25-20-12-18(7-8-19(20)24(33)34)23(32)26-13-16-5-4-6-17(11-16)21-14-30(28-27-21)15-22(31)29-9-2-1-3-10-29/h7-8,12,14,16-17H,1-6,9-11,13,15H2,(H,26,32)(H,33,34)/t16-,17+/m1/s1. The van der Waals surface area contributed by atoms with Gasteiger partial charge in [-0.15, -0.1) is 5.10 Å². The molecule has 1 aromatic heterocycles. The number of likely N-dealkylation sites (tertiary alicyclic amines) is 1. The van der Waals surface area contributed by atoms with E-state index in [-0.39, 0.29) is 34.9 Å². The van der Waals surface area contributed by atoms with E-state index < -0.39 is 5.97 Å². The Kier molecular flexibility index (Phi) is 7.82. The van der Waals surface area contributed by atoms with Crippen molar-refractivity contribution in [3.8, 4) is 0 Å². The third kappa shape index (κ3) is 5.94. The summed E-state index contributed by atoms with van der Waals surface area (Å²) in [7, 11) is 0. The minimum absolute atomic E-state index is 0.0287. The molecule has 1 aliphatic heterocycles. The van der Waals surface area contributed by atoms with Crippen LogP contribution in [0.2, 0.25) is 5.02 Å². The molecule has 0 unspecified atom stereocenters. The van der Waals surface area contributed by atoms with Gasteiger partial charge < -0.3 is 15.3 Å². The molecule has 34 heavy (non-hydrogen) atoms. The van der Waals surface area contributed by atoms with Crippen molar-refractivity contribution in [2.75, 3.05) is 19.6 Å². The smallest absolute Gasteiger partial charge is 0.337 e. The fraction of sp³-hybridized carbons (Fsp3) is 0.542. The number of rotatable bonds is 7. The number of carbonyl (C=O) groups excluding carboxylic acids is 2. The maximum atomic E-state index is 12.5. The Labute approximate surface area is 203 Å². The lowest BCUT2D eigenvalue weighted by molar-refractivity contribution is -0.132. The molecular formula is C24H30ClN5O4. The van der Waals surface area contributed by atoms with Crippen LogP contribution >= 0.6 is 11.6 Å². The van der Waals surface area contributed by atoms with Crippen molar-refractivity contribution >= 4 is 29.4 Å². The second kappa shape index (κ2) is 11.0. The first-order chi connectivity index (χ1) is 16.4. The van der Waals surface area contributed by atoms with E-state index in [0.717, 1.165) is 57.3 Å². The monoisotopic (exact) mass is 487 g/mol. The first-order valence-electron chi connectivity index (χ1n) is 11.9. The van der Waals surface area contributed by atoms with E-state index in [9.17, 15) is 14.4 Å². The van der Waals surface area contributed by atoms with Gasteiger partial charge in [-0.05, 0) is 62.6 Å². The summed E-state index contributed by atoms with van der Waals surface area (Å²) in [6, 6.07) is 4.20. The number of carboxylic acids is 1. The van der Waals surface area contributed by atoms with E-state index in [1.807, 2.05) is 11.1 Å². The Hall–Kier alpha value is -2.94. The summed E-state index contributed by atoms with van der Waals surface area (Å²) in [5.41, 5.74) is 1.21.